The third kappa shape index (κ3) is 2.40. The Balaban J connectivity index is 1.98. The van der Waals surface area contributed by atoms with Gasteiger partial charge in [0, 0.05) is 17.3 Å². The second-order valence-electron chi connectivity index (χ2n) is 2.62. The minimum absolute atomic E-state index is 0.478. The molecule has 2 aromatic heterocycles. The van der Waals surface area contributed by atoms with Gasteiger partial charge in [0.1, 0.15) is 5.15 Å². The predicted molar refractivity (Wildman–Crippen MR) is 56.5 cm³/mol. The monoisotopic (exact) mass is 226 g/mol. The molecule has 0 aliphatic rings. The van der Waals surface area contributed by atoms with Crippen LogP contribution in [0, 0.1) is 0 Å². The molecule has 0 aliphatic carbocycles. The number of pyridine rings is 1. The van der Waals surface area contributed by atoms with E-state index in [1.165, 1.54) is 11.5 Å². The number of anilines is 1. The Kier molecular flexibility index (Phi) is 2.90. The Morgan fingerprint density at radius 1 is 1.50 bits per heavy atom. The van der Waals surface area contributed by atoms with Gasteiger partial charge < -0.3 is 5.32 Å². The number of hydrogen-bond acceptors (Lipinski definition) is 5. The van der Waals surface area contributed by atoms with Crippen molar-refractivity contribution < 1.29 is 0 Å². The van der Waals surface area contributed by atoms with Gasteiger partial charge in [0.2, 0.25) is 0 Å². The minimum Gasteiger partial charge on any atom is -0.379 e. The smallest absolute Gasteiger partial charge is 0.131 e. The molecular formula is C8H7ClN4S. The molecule has 2 aromatic rings. The van der Waals surface area contributed by atoms with Gasteiger partial charge in [0.25, 0.3) is 0 Å². The van der Waals surface area contributed by atoms with Crippen molar-refractivity contribution in [2.24, 2.45) is 0 Å². The molecule has 0 bridgehead atoms. The molecule has 0 fully saturated rings. The molecule has 4 nitrogen and oxygen atoms in total. The van der Waals surface area contributed by atoms with E-state index in [4.69, 9.17) is 11.6 Å². The maximum Gasteiger partial charge on any atom is 0.131 e. The zero-order chi connectivity index (χ0) is 9.80. The number of nitrogens with one attached hydrogen (secondary N) is 1. The Hall–Kier alpha value is -1.20. The third-order valence-electron chi connectivity index (χ3n) is 1.61. The summed E-state index contributed by atoms with van der Waals surface area (Å²) in [6.45, 7) is 0.650. The van der Waals surface area contributed by atoms with Gasteiger partial charge in [-0.3, -0.25) is 0 Å². The van der Waals surface area contributed by atoms with Crippen LogP contribution < -0.4 is 5.32 Å². The van der Waals surface area contributed by atoms with Crippen LogP contribution in [0.5, 0.6) is 0 Å². The van der Waals surface area contributed by atoms with E-state index in [2.05, 4.69) is 19.9 Å². The summed E-state index contributed by atoms with van der Waals surface area (Å²) in [4.78, 5) is 3.88. The van der Waals surface area contributed by atoms with Crippen molar-refractivity contribution in [3.63, 3.8) is 0 Å². The first kappa shape index (κ1) is 9.36. The van der Waals surface area contributed by atoms with Crippen molar-refractivity contribution in [3.05, 3.63) is 34.6 Å². The molecule has 14 heavy (non-hydrogen) atoms. The number of halogens is 1. The van der Waals surface area contributed by atoms with E-state index in [1.807, 2.05) is 11.4 Å². The molecule has 0 saturated heterocycles. The zero-order valence-electron chi connectivity index (χ0n) is 7.14. The lowest BCUT2D eigenvalue weighted by Gasteiger charge is -2.02. The van der Waals surface area contributed by atoms with E-state index < -0.39 is 0 Å². The van der Waals surface area contributed by atoms with Crippen molar-refractivity contribution >= 4 is 28.8 Å². The van der Waals surface area contributed by atoms with Crippen molar-refractivity contribution in [2.75, 3.05) is 5.32 Å². The van der Waals surface area contributed by atoms with E-state index in [0.717, 1.165) is 11.4 Å². The molecule has 0 radical (unpaired) electrons. The number of nitrogens with zero attached hydrogens (tertiary/aromatic N) is 3. The summed E-state index contributed by atoms with van der Waals surface area (Å²) in [5, 5.41) is 9.46. The van der Waals surface area contributed by atoms with Crippen LogP contribution in [0.25, 0.3) is 0 Å². The molecule has 2 heterocycles. The summed E-state index contributed by atoms with van der Waals surface area (Å²) in [5.74, 6) is 0. The maximum absolute atomic E-state index is 5.73. The highest BCUT2D eigenvalue weighted by Crippen LogP contribution is 2.12. The van der Waals surface area contributed by atoms with Crippen LogP contribution in [-0.2, 0) is 6.54 Å². The molecule has 0 amide bonds. The molecule has 0 unspecified atom stereocenters. The first-order chi connectivity index (χ1) is 6.84. The van der Waals surface area contributed by atoms with E-state index in [1.54, 1.807) is 12.3 Å². The van der Waals surface area contributed by atoms with Gasteiger partial charge >= 0.3 is 0 Å². The molecule has 1 N–H and O–H groups in total. The van der Waals surface area contributed by atoms with Gasteiger partial charge in [0.15, 0.2) is 0 Å². The molecule has 0 atom stereocenters. The molecule has 0 aromatic carbocycles. The van der Waals surface area contributed by atoms with Crippen molar-refractivity contribution in [1.29, 1.82) is 0 Å². The van der Waals surface area contributed by atoms with E-state index >= 15 is 0 Å². The summed E-state index contributed by atoms with van der Waals surface area (Å²) < 4.78 is 3.77. The highest BCUT2D eigenvalue weighted by molar-refractivity contribution is 7.03. The molecule has 72 valence electrons. The van der Waals surface area contributed by atoms with E-state index in [9.17, 15) is 0 Å². The first-order valence-corrected chi connectivity index (χ1v) is 5.17. The van der Waals surface area contributed by atoms with E-state index in [0.29, 0.717) is 11.7 Å². The Morgan fingerprint density at radius 2 is 2.43 bits per heavy atom. The molecular weight excluding hydrogens is 220 g/mol. The summed E-state index contributed by atoms with van der Waals surface area (Å²) >= 11 is 7.07. The molecule has 6 heteroatoms. The average Bonchev–Trinajstić information content (AvgIpc) is 2.67. The standard InChI is InChI=1S/C8H7ClN4S/c9-8-3-6(1-2-10-8)11-4-7-5-14-13-12-7/h1-3,5H,4H2,(H,10,11). The first-order valence-electron chi connectivity index (χ1n) is 3.96. The Labute approximate surface area is 90.1 Å². The van der Waals surface area contributed by atoms with Gasteiger partial charge in [-0.1, -0.05) is 16.1 Å². The minimum atomic E-state index is 0.478. The second kappa shape index (κ2) is 4.34. The maximum atomic E-state index is 5.73. The molecule has 0 aliphatic heterocycles. The largest absolute Gasteiger partial charge is 0.379 e. The second-order valence-corrected chi connectivity index (χ2v) is 3.61. The molecule has 0 spiro atoms. The van der Waals surface area contributed by atoms with Crippen molar-refractivity contribution in [1.82, 2.24) is 14.6 Å². The van der Waals surface area contributed by atoms with Gasteiger partial charge in [-0.2, -0.15) is 0 Å². The number of rotatable bonds is 3. The van der Waals surface area contributed by atoms with Crippen LogP contribution in [0.4, 0.5) is 5.69 Å². The highest BCUT2D eigenvalue weighted by Gasteiger charge is 1.97. The summed E-state index contributed by atoms with van der Waals surface area (Å²) in [6, 6.07) is 3.62. The Morgan fingerprint density at radius 3 is 3.14 bits per heavy atom. The van der Waals surface area contributed by atoms with Crippen LogP contribution in [0.3, 0.4) is 0 Å². The predicted octanol–water partition coefficient (Wildman–Crippen LogP) is 2.20. The number of hydrogen-bond donors (Lipinski definition) is 1. The average molecular weight is 227 g/mol. The SMILES string of the molecule is Clc1cc(NCc2csnn2)ccn1. The lowest BCUT2D eigenvalue weighted by molar-refractivity contribution is 0.998. The molecule has 0 saturated carbocycles. The topological polar surface area (TPSA) is 50.7 Å². The third-order valence-corrected chi connectivity index (χ3v) is 2.37. The summed E-state index contributed by atoms with van der Waals surface area (Å²) in [5.41, 5.74) is 1.85. The fourth-order valence-electron chi connectivity index (χ4n) is 0.966. The van der Waals surface area contributed by atoms with Gasteiger partial charge in [-0.05, 0) is 23.7 Å². The Bertz CT molecular complexity index is 403. The van der Waals surface area contributed by atoms with Gasteiger partial charge in [-0.25, -0.2) is 4.98 Å². The fourth-order valence-corrected chi connectivity index (χ4v) is 1.59. The lowest BCUT2D eigenvalue weighted by atomic mass is 10.4. The highest BCUT2D eigenvalue weighted by atomic mass is 35.5. The van der Waals surface area contributed by atoms with Crippen molar-refractivity contribution in [2.45, 2.75) is 6.54 Å². The number of aromatic nitrogens is 3. The van der Waals surface area contributed by atoms with Crippen LogP contribution >= 0.6 is 23.1 Å². The van der Waals surface area contributed by atoms with Crippen LogP contribution in [0.1, 0.15) is 5.69 Å². The normalized spacial score (nSPS) is 10.1. The quantitative estimate of drug-likeness (QED) is 0.816. The van der Waals surface area contributed by atoms with Crippen molar-refractivity contribution in [3.8, 4) is 0 Å². The van der Waals surface area contributed by atoms with Gasteiger partial charge in [-0.15, -0.1) is 5.10 Å². The molecule has 2 rings (SSSR count). The lowest BCUT2D eigenvalue weighted by Crippen LogP contribution is -1.99. The van der Waals surface area contributed by atoms with E-state index in [-0.39, 0.29) is 0 Å². The van der Waals surface area contributed by atoms with Crippen LogP contribution in [0.2, 0.25) is 5.15 Å². The summed E-state index contributed by atoms with van der Waals surface area (Å²) in [6.07, 6.45) is 1.66. The van der Waals surface area contributed by atoms with Crippen LogP contribution in [-0.4, -0.2) is 14.6 Å². The summed E-state index contributed by atoms with van der Waals surface area (Å²) in [7, 11) is 0. The zero-order valence-corrected chi connectivity index (χ0v) is 8.72. The fraction of sp³-hybridized carbons (Fsp3) is 0.125. The van der Waals surface area contributed by atoms with Gasteiger partial charge in [0.05, 0.1) is 12.2 Å². The van der Waals surface area contributed by atoms with Crippen LogP contribution in [0.15, 0.2) is 23.7 Å².